The van der Waals surface area contributed by atoms with Crippen LogP contribution in [0.2, 0.25) is 0 Å². The smallest absolute Gasteiger partial charge is 0.225 e. The minimum atomic E-state index is -3.84. The Bertz CT molecular complexity index is 423. The Hall–Kier alpha value is 0.0200. The number of hydrogen-bond acceptors (Lipinski definition) is 2. The molecule has 0 bridgehead atoms. The van der Waals surface area contributed by atoms with E-state index in [9.17, 15) is 12.8 Å². The van der Waals surface area contributed by atoms with Gasteiger partial charge in [0, 0.05) is 8.95 Å². The van der Waals surface area contributed by atoms with Gasteiger partial charge in [0.2, 0.25) is 10.0 Å². The first-order chi connectivity index (χ1) is 5.82. The summed E-state index contributed by atoms with van der Waals surface area (Å²) in [6.45, 7) is 0. The summed E-state index contributed by atoms with van der Waals surface area (Å²) in [7, 11) is -3.84. The number of primary sulfonamides is 1. The summed E-state index contributed by atoms with van der Waals surface area (Å²) < 4.78 is 34.9. The standard InChI is InChI=1S/C6H4Br2FNO2S/c7-4-1-3(9)2-5(8)6(4)13(10,11)12/h1-2H,(H2,10,11,12). The molecule has 0 unspecified atom stereocenters. The van der Waals surface area contributed by atoms with Gasteiger partial charge in [-0.15, -0.1) is 0 Å². The predicted molar refractivity (Wildman–Crippen MR) is 53.2 cm³/mol. The van der Waals surface area contributed by atoms with Gasteiger partial charge >= 0.3 is 0 Å². The van der Waals surface area contributed by atoms with Gasteiger partial charge in [-0.05, 0) is 44.0 Å². The second kappa shape index (κ2) is 3.64. The van der Waals surface area contributed by atoms with Crippen molar-refractivity contribution in [3.05, 3.63) is 26.9 Å². The van der Waals surface area contributed by atoms with Gasteiger partial charge < -0.3 is 0 Å². The highest BCUT2D eigenvalue weighted by Crippen LogP contribution is 2.29. The van der Waals surface area contributed by atoms with E-state index in [1.807, 2.05) is 0 Å². The fraction of sp³-hybridized carbons (Fsp3) is 0. The molecule has 0 saturated carbocycles. The quantitative estimate of drug-likeness (QED) is 0.855. The highest BCUT2D eigenvalue weighted by atomic mass is 79.9. The summed E-state index contributed by atoms with van der Waals surface area (Å²) in [5, 5.41) is 4.90. The maximum Gasteiger partial charge on any atom is 0.240 e. The normalized spacial score (nSPS) is 11.7. The lowest BCUT2D eigenvalue weighted by atomic mass is 10.3. The molecule has 0 heterocycles. The molecule has 1 aromatic rings. The molecule has 0 radical (unpaired) electrons. The topological polar surface area (TPSA) is 60.2 Å². The van der Waals surface area contributed by atoms with Crippen LogP contribution >= 0.6 is 31.9 Å². The van der Waals surface area contributed by atoms with Gasteiger partial charge in [0.05, 0.1) is 0 Å². The third-order valence-electron chi connectivity index (χ3n) is 1.25. The number of halogens is 3. The van der Waals surface area contributed by atoms with Crippen LogP contribution in [0.1, 0.15) is 0 Å². The van der Waals surface area contributed by atoms with Crippen LogP contribution < -0.4 is 5.14 Å². The summed E-state index contributed by atoms with van der Waals surface area (Å²) in [6.07, 6.45) is 0. The van der Waals surface area contributed by atoms with Gasteiger partial charge in [-0.1, -0.05) is 0 Å². The van der Waals surface area contributed by atoms with Gasteiger partial charge in [0.1, 0.15) is 10.7 Å². The van der Waals surface area contributed by atoms with Crippen molar-refractivity contribution in [2.45, 2.75) is 4.90 Å². The molecule has 0 aliphatic carbocycles. The predicted octanol–water partition coefficient (Wildman–Crippen LogP) is 2.00. The fourth-order valence-electron chi connectivity index (χ4n) is 0.801. The second-order valence-corrected chi connectivity index (χ2v) is 5.45. The Balaban J connectivity index is 3.57. The summed E-state index contributed by atoms with van der Waals surface area (Å²) in [5.41, 5.74) is 0. The van der Waals surface area contributed by atoms with Crippen molar-refractivity contribution in [1.82, 2.24) is 0 Å². The molecule has 2 N–H and O–H groups in total. The summed E-state index contributed by atoms with van der Waals surface area (Å²) in [6, 6.07) is 2.06. The van der Waals surface area contributed by atoms with Crippen LogP contribution in [-0.2, 0) is 10.0 Å². The number of hydrogen-bond donors (Lipinski definition) is 1. The van der Waals surface area contributed by atoms with Gasteiger partial charge in [-0.3, -0.25) is 0 Å². The zero-order chi connectivity index (χ0) is 10.2. The molecule has 13 heavy (non-hydrogen) atoms. The van der Waals surface area contributed by atoms with Crippen molar-refractivity contribution in [2.75, 3.05) is 0 Å². The maximum absolute atomic E-state index is 12.7. The Morgan fingerprint density at radius 1 is 1.23 bits per heavy atom. The largest absolute Gasteiger partial charge is 0.240 e. The van der Waals surface area contributed by atoms with Crippen molar-refractivity contribution in [3.63, 3.8) is 0 Å². The van der Waals surface area contributed by atoms with Crippen molar-refractivity contribution in [1.29, 1.82) is 0 Å². The third-order valence-corrected chi connectivity index (χ3v) is 4.03. The van der Waals surface area contributed by atoms with E-state index in [0.29, 0.717) is 0 Å². The highest BCUT2D eigenvalue weighted by molar-refractivity contribution is 9.11. The Morgan fingerprint density at radius 2 is 1.62 bits per heavy atom. The molecule has 72 valence electrons. The summed E-state index contributed by atoms with van der Waals surface area (Å²) in [5.74, 6) is -0.550. The first kappa shape index (κ1) is 11.1. The molecule has 3 nitrogen and oxygen atoms in total. The molecular formula is C6H4Br2FNO2S. The molecule has 0 atom stereocenters. The molecule has 0 saturated heterocycles. The monoisotopic (exact) mass is 331 g/mol. The van der Waals surface area contributed by atoms with Gasteiger partial charge in [0.15, 0.2) is 0 Å². The molecule has 0 spiro atoms. The van der Waals surface area contributed by atoms with Gasteiger partial charge in [-0.2, -0.15) is 0 Å². The molecular weight excluding hydrogens is 329 g/mol. The average Bonchev–Trinajstić information content (AvgIpc) is 1.78. The third kappa shape index (κ3) is 2.49. The van der Waals surface area contributed by atoms with Crippen LogP contribution in [0.25, 0.3) is 0 Å². The lowest BCUT2D eigenvalue weighted by molar-refractivity contribution is 0.594. The first-order valence-electron chi connectivity index (χ1n) is 2.99. The van der Waals surface area contributed by atoms with Gasteiger partial charge in [-0.25, -0.2) is 17.9 Å². The van der Waals surface area contributed by atoms with Crippen LogP contribution in [0.15, 0.2) is 26.0 Å². The lowest BCUT2D eigenvalue weighted by Gasteiger charge is -2.04. The number of sulfonamides is 1. The number of benzene rings is 1. The van der Waals surface area contributed by atoms with E-state index >= 15 is 0 Å². The molecule has 0 fully saturated rings. The van der Waals surface area contributed by atoms with E-state index in [1.165, 1.54) is 0 Å². The number of rotatable bonds is 1. The van der Waals surface area contributed by atoms with E-state index < -0.39 is 15.8 Å². The first-order valence-corrected chi connectivity index (χ1v) is 6.13. The summed E-state index contributed by atoms with van der Waals surface area (Å²) in [4.78, 5) is -0.158. The van der Waals surface area contributed by atoms with Crippen LogP contribution in [-0.4, -0.2) is 8.42 Å². The fourth-order valence-corrected chi connectivity index (χ4v) is 3.95. The van der Waals surface area contributed by atoms with E-state index in [4.69, 9.17) is 5.14 Å². The van der Waals surface area contributed by atoms with Crippen molar-refractivity contribution in [3.8, 4) is 0 Å². The van der Waals surface area contributed by atoms with Crippen molar-refractivity contribution in [2.24, 2.45) is 5.14 Å². The van der Waals surface area contributed by atoms with Crippen LogP contribution in [0, 0.1) is 5.82 Å². The lowest BCUT2D eigenvalue weighted by Crippen LogP contribution is -2.13. The molecule has 1 aromatic carbocycles. The zero-order valence-corrected chi connectivity index (χ0v) is 10.1. The van der Waals surface area contributed by atoms with E-state index in [2.05, 4.69) is 31.9 Å². The second-order valence-electron chi connectivity index (χ2n) is 2.24. The Morgan fingerprint density at radius 3 is 1.92 bits per heavy atom. The van der Waals surface area contributed by atoms with Crippen molar-refractivity contribution >= 4 is 41.9 Å². The minimum absolute atomic E-state index is 0.0990. The van der Waals surface area contributed by atoms with Crippen LogP contribution in [0.5, 0.6) is 0 Å². The van der Waals surface area contributed by atoms with Gasteiger partial charge in [0.25, 0.3) is 0 Å². The SMILES string of the molecule is NS(=O)(=O)c1c(Br)cc(F)cc1Br. The molecule has 1 rings (SSSR count). The summed E-state index contributed by atoms with van der Waals surface area (Å²) >= 11 is 5.81. The van der Waals surface area contributed by atoms with Crippen molar-refractivity contribution < 1.29 is 12.8 Å². The zero-order valence-electron chi connectivity index (χ0n) is 6.09. The number of nitrogens with two attached hydrogens (primary N) is 1. The molecule has 0 amide bonds. The highest BCUT2D eigenvalue weighted by Gasteiger charge is 2.17. The average molecular weight is 333 g/mol. The molecule has 0 aliphatic rings. The molecule has 0 aliphatic heterocycles. The van der Waals surface area contributed by atoms with Crippen LogP contribution in [0.3, 0.4) is 0 Å². The Labute approximate surface area is 91.4 Å². The molecule has 7 heteroatoms. The van der Waals surface area contributed by atoms with E-state index in [0.717, 1.165) is 12.1 Å². The van der Waals surface area contributed by atoms with E-state index in [1.54, 1.807) is 0 Å². The minimum Gasteiger partial charge on any atom is -0.225 e. The van der Waals surface area contributed by atoms with Crippen LogP contribution in [0.4, 0.5) is 4.39 Å². The maximum atomic E-state index is 12.7. The Kier molecular flexibility index (Phi) is 3.11. The molecule has 0 aromatic heterocycles. The van der Waals surface area contributed by atoms with E-state index in [-0.39, 0.29) is 13.8 Å².